The maximum Gasteiger partial charge on any atom is 0.209 e. The Morgan fingerprint density at radius 3 is 2.37 bits per heavy atom. The van der Waals surface area contributed by atoms with Crippen molar-refractivity contribution in [3.63, 3.8) is 0 Å². The number of nitrogens with one attached hydrogen (secondary N) is 1. The van der Waals surface area contributed by atoms with Crippen LogP contribution >= 0.6 is 31.9 Å². The van der Waals surface area contributed by atoms with Gasteiger partial charge in [-0.1, -0.05) is 0 Å². The summed E-state index contributed by atoms with van der Waals surface area (Å²) in [6.45, 7) is 1.24. The van der Waals surface area contributed by atoms with Gasteiger partial charge in [0.1, 0.15) is 5.75 Å². The Hall–Kier alpha value is -0.150. The smallest absolute Gasteiger partial charge is 0.209 e. The lowest BCUT2D eigenvalue weighted by Crippen LogP contribution is -2.22. The molecule has 0 saturated heterocycles. The number of primary sulfonamides is 1. The van der Waals surface area contributed by atoms with E-state index in [0.717, 1.165) is 20.3 Å². The predicted molar refractivity (Wildman–Crippen MR) is 82.7 cm³/mol. The van der Waals surface area contributed by atoms with E-state index in [1.165, 1.54) is 0 Å². The van der Waals surface area contributed by atoms with E-state index in [1.807, 2.05) is 12.1 Å². The molecule has 0 saturated carbocycles. The van der Waals surface area contributed by atoms with Crippen LogP contribution in [0.25, 0.3) is 0 Å². The Morgan fingerprint density at radius 2 is 1.89 bits per heavy atom. The average Bonchev–Trinajstić information content (AvgIpc) is 2.26. The molecule has 0 aliphatic rings. The molecule has 0 radical (unpaired) electrons. The SMILES string of the molecule is COc1c(Br)cc(CNCCCS(N)(=O)=O)cc1Br. The number of nitrogens with two attached hydrogens (primary N) is 1. The second-order valence-corrected chi connectivity index (χ2v) is 7.43. The molecule has 1 rings (SSSR count). The first-order chi connectivity index (χ1) is 8.83. The molecular weight excluding hydrogens is 400 g/mol. The van der Waals surface area contributed by atoms with Gasteiger partial charge in [-0.2, -0.15) is 0 Å². The van der Waals surface area contributed by atoms with Crippen molar-refractivity contribution in [2.45, 2.75) is 13.0 Å². The molecule has 0 bridgehead atoms. The highest BCUT2D eigenvalue weighted by Gasteiger charge is 2.07. The summed E-state index contributed by atoms with van der Waals surface area (Å²) < 4.78 is 28.4. The number of sulfonamides is 1. The third-order valence-corrected chi connectivity index (χ3v) is 4.41. The lowest BCUT2D eigenvalue weighted by Gasteiger charge is -2.10. The van der Waals surface area contributed by atoms with Crippen LogP contribution in [-0.2, 0) is 16.6 Å². The molecule has 0 aliphatic carbocycles. The zero-order valence-electron chi connectivity index (χ0n) is 10.4. The van der Waals surface area contributed by atoms with Crippen molar-refractivity contribution in [1.29, 1.82) is 0 Å². The van der Waals surface area contributed by atoms with E-state index >= 15 is 0 Å². The Morgan fingerprint density at radius 1 is 1.32 bits per heavy atom. The van der Waals surface area contributed by atoms with E-state index in [-0.39, 0.29) is 5.75 Å². The van der Waals surface area contributed by atoms with Crippen molar-refractivity contribution >= 4 is 41.9 Å². The molecule has 0 amide bonds. The first-order valence-electron chi connectivity index (χ1n) is 5.56. The molecule has 0 atom stereocenters. The number of methoxy groups -OCH3 is 1. The van der Waals surface area contributed by atoms with Gasteiger partial charge >= 0.3 is 0 Å². The average molecular weight is 416 g/mol. The molecule has 1 aromatic carbocycles. The summed E-state index contributed by atoms with van der Waals surface area (Å²) in [5.41, 5.74) is 1.06. The van der Waals surface area contributed by atoms with Crippen molar-refractivity contribution in [3.8, 4) is 5.75 Å². The van der Waals surface area contributed by atoms with Gasteiger partial charge in [-0.05, 0) is 62.5 Å². The molecule has 0 fully saturated rings. The van der Waals surface area contributed by atoms with Gasteiger partial charge in [0.25, 0.3) is 0 Å². The number of ether oxygens (including phenoxy) is 1. The summed E-state index contributed by atoms with van der Waals surface area (Å²) in [5, 5.41) is 8.08. The van der Waals surface area contributed by atoms with Crippen LogP contribution in [-0.4, -0.2) is 27.8 Å². The van der Waals surface area contributed by atoms with Gasteiger partial charge in [0.2, 0.25) is 10.0 Å². The maximum atomic E-state index is 10.7. The van der Waals surface area contributed by atoms with E-state index in [4.69, 9.17) is 9.88 Å². The lowest BCUT2D eigenvalue weighted by atomic mass is 10.2. The molecule has 108 valence electrons. The van der Waals surface area contributed by atoms with Gasteiger partial charge in [-0.25, -0.2) is 13.6 Å². The zero-order chi connectivity index (χ0) is 14.5. The molecular formula is C11H16Br2N2O3S. The van der Waals surface area contributed by atoms with Gasteiger partial charge in [0, 0.05) is 6.54 Å². The van der Waals surface area contributed by atoms with Crippen LogP contribution < -0.4 is 15.2 Å². The van der Waals surface area contributed by atoms with Gasteiger partial charge in [0.15, 0.2) is 0 Å². The third kappa shape index (κ3) is 6.22. The van der Waals surface area contributed by atoms with Crippen LogP contribution in [0.1, 0.15) is 12.0 Å². The van der Waals surface area contributed by atoms with E-state index in [2.05, 4.69) is 37.2 Å². The Bertz CT molecular complexity index is 512. The van der Waals surface area contributed by atoms with E-state index in [0.29, 0.717) is 19.5 Å². The standard InChI is InChI=1S/C11H16Br2N2O3S/c1-18-11-9(12)5-8(6-10(11)13)7-15-3-2-4-19(14,16)17/h5-6,15H,2-4,7H2,1H3,(H2,14,16,17). The summed E-state index contributed by atoms with van der Waals surface area (Å²) in [7, 11) is -1.76. The second-order valence-electron chi connectivity index (χ2n) is 3.99. The van der Waals surface area contributed by atoms with Gasteiger partial charge < -0.3 is 10.1 Å². The largest absolute Gasteiger partial charge is 0.494 e. The highest BCUT2D eigenvalue weighted by molar-refractivity contribution is 9.11. The highest BCUT2D eigenvalue weighted by atomic mass is 79.9. The molecule has 0 spiro atoms. The molecule has 1 aromatic rings. The normalized spacial score (nSPS) is 11.6. The van der Waals surface area contributed by atoms with E-state index < -0.39 is 10.0 Å². The van der Waals surface area contributed by atoms with E-state index in [9.17, 15) is 8.42 Å². The third-order valence-electron chi connectivity index (χ3n) is 2.37. The highest BCUT2D eigenvalue weighted by Crippen LogP contribution is 2.34. The topological polar surface area (TPSA) is 81.4 Å². The fourth-order valence-electron chi connectivity index (χ4n) is 1.54. The van der Waals surface area contributed by atoms with Crippen LogP contribution in [0.15, 0.2) is 21.1 Å². The van der Waals surface area contributed by atoms with Gasteiger partial charge in [0.05, 0.1) is 21.8 Å². The van der Waals surface area contributed by atoms with Gasteiger partial charge in [-0.3, -0.25) is 0 Å². The minimum absolute atomic E-state index is 0.00397. The van der Waals surface area contributed by atoms with E-state index in [1.54, 1.807) is 7.11 Å². The molecule has 19 heavy (non-hydrogen) atoms. The Balaban J connectivity index is 2.46. The van der Waals surface area contributed by atoms with Crippen molar-refractivity contribution in [2.24, 2.45) is 5.14 Å². The van der Waals surface area contributed by atoms with Crippen molar-refractivity contribution in [2.75, 3.05) is 19.4 Å². The molecule has 8 heteroatoms. The minimum atomic E-state index is -3.36. The molecule has 5 nitrogen and oxygen atoms in total. The number of hydrogen-bond acceptors (Lipinski definition) is 4. The quantitative estimate of drug-likeness (QED) is 0.667. The van der Waals surface area contributed by atoms with Gasteiger partial charge in [-0.15, -0.1) is 0 Å². The molecule has 3 N–H and O–H groups in total. The first kappa shape index (κ1) is 16.9. The number of benzene rings is 1. The summed E-state index contributed by atoms with van der Waals surface area (Å²) >= 11 is 6.86. The van der Waals surface area contributed by atoms with Crippen LogP contribution in [0.3, 0.4) is 0 Å². The van der Waals surface area contributed by atoms with Crippen LogP contribution in [0.2, 0.25) is 0 Å². The van der Waals surface area contributed by atoms with Crippen LogP contribution in [0.4, 0.5) is 0 Å². The molecule has 0 aromatic heterocycles. The fourth-order valence-corrected chi connectivity index (χ4v) is 3.69. The lowest BCUT2D eigenvalue weighted by molar-refractivity contribution is 0.409. The molecule has 0 heterocycles. The zero-order valence-corrected chi connectivity index (χ0v) is 14.4. The number of hydrogen-bond donors (Lipinski definition) is 2. The van der Waals surface area contributed by atoms with Crippen molar-refractivity contribution < 1.29 is 13.2 Å². The summed E-state index contributed by atoms with van der Waals surface area (Å²) in [6.07, 6.45) is 0.497. The maximum absolute atomic E-state index is 10.7. The van der Waals surface area contributed by atoms with Crippen LogP contribution in [0, 0.1) is 0 Å². The summed E-state index contributed by atoms with van der Waals surface area (Å²) in [4.78, 5) is 0. The molecule has 0 unspecified atom stereocenters. The Kier molecular flexibility index (Phi) is 6.75. The first-order valence-corrected chi connectivity index (χ1v) is 8.86. The summed E-state index contributed by atoms with van der Waals surface area (Å²) in [6, 6.07) is 3.91. The minimum Gasteiger partial charge on any atom is -0.494 e. The number of halogens is 2. The van der Waals surface area contributed by atoms with Crippen molar-refractivity contribution in [1.82, 2.24) is 5.32 Å². The monoisotopic (exact) mass is 414 g/mol. The fraction of sp³-hybridized carbons (Fsp3) is 0.455. The number of rotatable bonds is 7. The predicted octanol–water partition coefficient (Wildman–Crippen LogP) is 1.99. The van der Waals surface area contributed by atoms with Crippen molar-refractivity contribution in [3.05, 3.63) is 26.6 Å². The van der Waals surface area contributed by atoms with Crippen LogP contribution in [0.5, 0.6) is 5.75 Å². The second kappa shape index (κ2) is 7.58. The summed E-state index contributed by atoms with van der Waals surface area (Å²) in [5.74, 6) is 0.744. The molecule has 0 aliphatic heterocycles. The Labute approximate surface area is 130 Å².